The van der Waals surface area contributed by atoms with E-state index >= 15 is 0 Å². The Balaban J connectivity index is 1.72. The lowest BCUT2D eigenvalue weighted by atomic mass is 10.2. The van der Waals surface area contributed by atoms with Crippen LogP contribution in [0.25, 0.3) is 10.9 Å². The molecule has 2 heterocycles. The summed E-state index contributed by atoms with van der Waals surface area (Å²) < 4.78 is 0. The SMILES string of the molecule is c1ccc2nc(NCC3CCCN3)ccc2c1. The average molecular weight is 227 g/mol. The molecule has 3 rings (SSSR count). The number of fused-ring (bicyclic) bond motifs is 1. The third-order valence-corrected chi connectivity index (χ3v) is 3.29. The Morgan fingerprint density at radius 2 is 2.18 bits per heavy atom. The van der Waals surface area contributed by atoms with Gasteiger partial charge in [0.2, 0.25) is 0 Å². The summed E-state index contributed by atoms with van der Waals surface area (Å²) in [7, 11) is 0. The molecule has 1 atom stereocenters. The Morgan fingerprint density at radius 1 is 1.24 bits per heavy atom. The zero-order chi connectivity index (χ0) is 11.5. The van der Waals surface area contributed by atoms with Crippen molar-refractivity contribution in [2.45, 2.75) is 18.9 Å². The van der Waals surface area contributed by atoms with Gasteiger partial charge in [0.15, 0.2) is 0 Å². The summed E-state index contributed by atoms with van der Waals surface area (Å²) >= 11 is 0. The topological polar surface area (TPSA) is 37.0 Å². The van der Waals surface area contributed by atoms with Crippen LogP contribution < -0.4 is 10.6 Å². The number of nitrogens with one attached hydrogen (secondary N) is 2. The molecule has 0 radical (unpaired) electrons. The molecule has 0 bridgehead atoms. The molecule has 0 spiro atoms. The van der Waals surface area contributed by atoms with Crippen LogP contribution in [0.15, 0.2) is 36.4 Å². The smallest absolute Gasteiger partial charge is 0.126 e. The van der Waals surface area contributed by atoms with E-state index in [1.165, 1.54) is 18.2 Å². The number of nitrogens with zero attached hydrogens (tertiary/aromatic N) is 1. The first-order valence-electron chi connectivity index (χ1n) is 6.25. The van der Waals surface area contributed by atoms with Gasteiger partial charge in [0.05, 0.1) is 5.52 Å². The standard InChI is InChI=1S/C14H17N3/c1-2-6-13-11(4-1)7-8-14(17-13)16-10-12-5-3-9-15-12/h1-2,4,6-8,12,15H,3,5,9-10H2,(H,16,17). The minimum atomic E-state index is 0.600. The highest BCUT2D eigenvalue weighted by molar-refractivity contribution is 5.80. The minimum Gasteiger partial charge on any atom is -0.368 e. The molecule has 0 aliphatic carbocycles. The number of hydrogen-bond donors (Lipinski definition) is 2. The first-order chi connectivity index (χ1) is 8.42. The summed E-state index contributed by atoms with van der Waals surface area (Å²) in [5.41, 5.74) is 1.05. The van der Waals surface area contributed by atoms with Crippen molar-refractivity contribution >= 4 is 16.7 Å². The molecule has 0 saturated carbocycles. The first kappa shape index (κ1) is 10.5. The summed E-state index contributed by atoms with van der Waals surface area (Å²) in [6.07, 6.45) is 2.55. The van der Waals surface area contributed by atoms with Gasteiger partial charge in [-0.3, -0.25) is 0 Å². The predicted octanol–water partition coefficient (Wildman–Crippen LogP) is 2.40. The summed E-state index contributed by atoms with van der Waals surface area (Å²) in [4.78, 5) is 4.60. The van der Waals surface area contributed by atoms with Gasteiger partial charge in [-0.25, -0.2) is 4.98 Å². The van der Waals surface area contributed by atoms with Crippen molar-refractivity contribution in [3.63, 3.8) is 0 Å². The quantitative estimate of drug-likeness (QED) is 0.845. The van der Waals surface area contributed by atoms with E-state index in [9.17, 15) is 0 Å². The third kappa shape index (κ3) is 2.39. The second kappa shape index (κ2) is 4.72. The number of benzene rings is 1. The molecule has 2 N–H and O–H groups in total. The molecule has 17 heavy (non-hydrogen) atoms. The van der Waals surface area contributed by atoms with Gasteiger partial charge in [-0.1, -0.05) is 18.2 Å². The molecule has 1 aromatic heterocycles. The lowest BCUT2D eigenvalue weighted by Gasteiger charge is -2.12. The normalized spacial score (nSPS) is 19.6. The Kier molecular flexibility index (Phi) is 2.92. The molecular weight excluding hydrogens is 210 g/mol. The van der Waals surface area contributed by atoms with E-state index in [0.29, 0.717) is 6.04 Å². The van der Waals surface area contributed by atoms with Gasteiger partial charge < -0.3 is 10.6 Å². The summed E-state index contributed by atoms with van der Waals surface area (Å²) in [5.74, 6) is 0.970. The van der Waals surface area contributed by atoms with Crippen LogP contribution >= 0.6 is 0 Å². The highest BCUT2D eigenvalue weighted by Crippen LogP contribution is 2.15. The molecule has 0 amide bonds. The predicted molar refractivity (Wildman–Crippen MR) is 71.3 cm³/mol. The maximum Gasteiger partial charge on any atom is 0.126 e. The fraction of sp³-hybridized carbons (Fsp3) is 0.357. The van der Waals surface area contributed by atoms with Gasteiger partial charge >= 0.3 is 0 Å². The van der Waals surface area contributed by atoms with Gasteiger partial charge in [0, 0.05) is 18.0 Å². The van der Waals surface area contributed by atoms with Crippen LogP contribution in [0.4, 0.5) is 5.82 Å². The van der Waals surface area contributed by atoms with Crippen molar-refractivity contribution in [3.05, 3.63) is 36.4 Å². The molecule has 3 nitrogen and oxygen atoms in total. The van der Waals surface area contributed by atoms with E-state index in [-0.39, 0.29) is 0 Å². The van der Waals surface area contributed by atoms with Crippen molar-refractivity contribution in [1.29, 1.82) is 0 Å². The van der Waals surface area contributed by atoms with Crippen molar-refractivity contribution in [3.8, 4) is 0 Å². The van der Waals surface area contributed by atoms with Crippen LogP contribution in [0.3, 0.4) is 0 Å². The summed E-state index contributed by atoms with van der Waals surface area (Å²) in [5, 5.41) is 8.07. The monoisotopic (exact) mass is 227 g/mol. The van der Waals surface area contributed by atoms with Crippen LogP contribution in [0.5, 0.6) is 0 Å². The van der Waals surface area contributed by atoms with E-state index in [0.717, 1.165) is 24.4 Å². The number of pyridine rings is 1. The fourth-order valence-corrected chi connectivity index (χ4v) is 2.32. The summed E-state index contributed by atoms with van der Waals surface area (Å²) in [6.45, 7) is 2.11. The number of rotatable bonds is 3. The largest absolute Gasteiger partial charge is 0.368 e. The van der Waals surface area contributed by atoms with Crippen molar-refractivity contribution < 1.29 is 0 Å². The zero-order valence-corrected chi connectivity index (χ0v) is 9.82. The second-order valence-corrected chi connectivity index (χ2v) is 4.56. The highest BCUT2D eigenvalue weighted by Gasteiger charge is 2.13. The number of para-hydroxylation sites is 1. The van der Waals surface area contributed by atoms with Gasteiger partial charge in [0.1, 0.15) is 5.82 Å². The van der Waals surface area contributed by atoms with Crippen LogP contribution in [-0.2, 0) is 0 Å². The molecule has 1 aliphatic rings. The van der Waals surface area contributed by atoms with Crippen LogP contribution in [0.2, 0.25) is 0 Å². The van der Waals surface area contributed by atoms with E-state index < -0.39 is 0 Å². The Morgan fingerprint density at radius 3 is 3.06 bits per heavy atom. The Hall–Kier alpha value is -1.61. The number of anilines is 1. The molecular formula is C14H17N3. The Labute approximate surface area is 101 Å². The minimum absolute atomic E-state index is 0.600. The van der Waals surface area contributed by atoms with Crippen molar-refractivity contribution in [2.75, 3.05) is 18.4 Å². The second-order valence-electron chi connectivity index (χ2n) is 4.56. The molecule has 1 aromatic carbocycles. The van der Waals surface area contributed by atoms with Crippen molar-refractivity contribution in [1.82, 2.24) is 10.3 Å². The average Bonchev–Trinajstić information content (AvgIpc) is 2.89. The van der Waals surface area contributed by atoms with Crippen LogP contribution in [0, 0.1) is 0 Å². The molecule has 1 aliphatic heterocycles. The lowest BCUT2D eigenvalue weighted by Crippen LogP contribution is -2.29. The summed E-state index contributed by atoms with van der Waals surface area (Å²) in [6, 6.07) is 13.0. The zero-order valence-electron chi connectivity index (χ0n) is 9.82. The van der Waals surface area contributed by atoms with E-state index in [4.69, 9.17) is 0 Å². The van der Waals surface area contributed by atoms with E-state index in [1.54, 1.807) is 0 Å². The molecule has 2 aromatic rings. The maximum atomic E-state index is 4.60. The maximum absolute atomic E-state index is 4.60. The molecule has 1 fully saturated rings. The highest BCUT2D eigenvalue weighted by atomic mass is 15.0. The lowest BCUT2D eigenvalue weighted by molar-refractivity contribution is 0.632. The number of aromatic nitrogens is 1. The number of hydrogen-bond acceptors (Lipinski definition) is 3. The van der Waals surface area contributed by atoms with Crippen LogP contribution in [0.1, 0.15) is 12.8 Å². The van der Waals surface area contributed by atoms with Gasteiger partial charge in [-0.2, -0.15) is 0 Å². The van der Waals surface area contributed by atoms with E-state index in [1.807, 2.05) is 18.2 Å². The van der Waals surface area contributed by atoms with Crippen LogP contribution in [-0.4, -0.2) is 24.1 Å². The van der Waals surface area contributed by atoms with Gasteiger partial charge in [-0.15, -0.1) is 0 Å². The molecule has 88 valence electrons. The fourth-order valence-electron chi connectivity index (χ4n) is 2.32. The molecule has 3 heteroatoms. The third-order valence-electron chi connectivity index (χ3n) is 3.29. The first-order valence-corrected chi connectivity index (χ1v) is 6.25. The van der Waals surface area contributed by atoms with Gasteiger partial charge in [0.25, 0.3) is 0 Å². The molecule has 1 unspecified atom stereocenters. The van der Waals surface area contributed by atoms with Gasteiger partial charge in [-0.05, 0) is 37.6 Å². The Bertz CT molecular complexity index is 504. The van der Waals surface area contributed by atoms with E-state index in [2.05, 4.69) is 33.8 Å². The van der Waals surface area contributed by atoms with Crippen molar-refractivity contribution in [2.24, 2.45) is 0 Å². The molecule has 1 saturated heterocycles.